The van der Waals surface area contributed by atoms with Gasteiger partial charge in [-0.2, -0.15) is 0 Å². The summed E-state index contributed by atoms with van der Waals surface area (Å²) < 4.78 is 4.58. The number of phenols is 1. The second kappa shape index (κ2) is 11.1. The highest BCUT2D eigenvalue weighted by atomic mass is 16.3. The molecule has 0 spiro atoms. The highest BCUT2D eigenvalue weighted by molar-refractivity contribution is 5.18. The van der Waals surface area contributed by atoms with Crippen molar-refractivity contribution >= 4 is 0 Å². The fourth-order valence-corrected chi connectivity index (χ4v) is 0.655. The third kappa shape index (κ3) is 10.1. The molecule has 0 bridgehead atoms. The van der Waals surface area contributed by atoms with Crippen molar-refractivity contribution in [2.45, 2.75) is 0 Å². The first kappa shape index (κ1) is 14.0. The van der Waals surface area contributed by atoms with Crippen molar-refractivity contribution in [2.75, 3.05) is 6.61 Å². The van der Waals surface area contributed by atoms with Gasteiger partial charge in [0.25, 0.3) is 0 Å². The Bertz CT molecular complexity index is 310. The normalized spacial score (nSPS) is 7.81. The number of furan rings is 1. The zero-order chi connectivity index (χ0) is 12.1. The van der Waals surface area contributed by atoms with Crippen molar-refractivity contribution in [3.05, 3.63) is 67.6 Å². The molecular formula is C13H16O3. The molecule has 2 N–H and O–H groups in total. The van der Waals surface area contributed by atoms with E-state index in [-0.39, 0.29) is 6.61 Å². The lowest BCUT2D eigenvalue weighted by atomic mass is 10.3. The zero-order valence-electron chi connectivity index (χ0n) is 8.99. The molecule has 2 aromatic rings. The molecule has 16 heavy (non-hydrogen) atoms. The minimum Gasteiger partial charge on any atom is -0.508 e. The largest absolute Gasteiger partial charge is 0.508 e. The number of hydrogen-bond donors (Lipinski definition) is 2. The van der Waals surface area contributed by atoms with E-state index >= 15 is 0 Å². The molecule has 0 aliphatic carbocycles. The summed E-state index contributed by atoms with van der Waals surface area (Å²) in [6, 6.07) is 12.4. The van der Waals surface area contributed by atoms with Crippen LogP contribution in [0.15, 0.2) is 72.1 Å². The number of aromatic hydroxyl groups is 1. The van der Waals surface area contributed by atoms with E-state index in [2.05, 4.69) is 11.0 Å². The van der Waals surface area contributed by atoms with Gasteiger partial charge in [0.1, 0.15) is 5.75 Å². The second-order valence-corrected chi connectivity index (χ2v) is 2.60. The maximum Gasteiger partial charge on any atom is 0.115 e. The topological polar surface area (TPSA) is 53.6 Å². The molecule has 0 fully saturated rings. The molecule has 0 amide bonds. The third-order valence-electron chi connectivity index (χ3n) is 1.31. The van der Waals surface area contributed by atoms with Crippen LogP contribution in [0.3, 0.4) is 0 Å². The predicted molar refractivity (Wildman–Crippen MR) is 64.1 cm³/mol. The summed E-state index contributed by atoms with van der Waals surface area (Å²) >= 11 is 0. The van der Waals surface area contributed by atoms with Gasteiger partial charge in [-0.05, 0) is 24.3 Å². The van der Waals surface area contributed by atoms with Gasteiger partial charge in [-0.15, -0.1) is 6.58 Å². The molecule has 0 unspecified atom stereocenters. The molecule has 1 aromatic heterocycles. The predicted octanol–water partition coefficient (Wildman–Crippen LogP) is 2.84. The van der Waals surface area contributed by atoms with E-state index < -0.39 is 0 Å². The van der Waals surface area contributed by atoms with Crippen LogP contribution >= 0.6 is 0 Å². The Labute approximate surface area is 95.3 Å². The van der Waals surface area contributed by atoms with Crippen LogP contribution in [0.2, 0.25) is 0 Å². The average Bonchev–Trinajstić information content (AvgIpc) is 2.89. The van der Waals surface area contributed by atoms with Gasteiger partial charge in [-0.3, -0.25) is 0 Å². The summed E-state index contributed by atoms with van der Waals surface area (Å²) in [5.74, 6) is 0.322. The van der Waals surface area contributed by atoms with Crippen molar-refractivity contribution in [2.24, 2.45) is 0 Å². The maximum absolute atomic E-state index is 8.63. The number of phenolic OH excluding ortho intramolecular Hbond substituents is 1. The number of aliphatic hydroxyl groups excluding tert-OH is 1. The molecule has 3 heteroatoms. The van der Waals surface area contributed by atoms with Gasteiger partial charge in [0.2, 0.25) is 0 Å². The molecule has 1 heterocycles. The lowest BCUT2D eigenvalue weighted by Crippen LogP contribution is -1.62. The number of rotatable bonds is 1. The highest BCUT2D eigenvalue weighted by Crippen LogP contribution is 2.02. The first-order valence-corrected chi connectivity index (χ1v) is 4.74. The summed E-state index contributed by atoms with van der Waals surface area (Å²) in [4.78, 5) is 0. The fourth-order valence-electron chi connectivity index (χ4n) is 0.655. The zero-order valence-corrected chi connectivity index (χ0v) is 8.99. The Morgan fingerprint density at radius 1 is 1.06 bits per heavy atom. The van der Waals surface area contributed by atoms with Crippen LogP contribution in [0.5, 0.6) is 5.75 Å². The Morgan fingerprint density at radius 3 is 1.75 bits per heavy atom. The van der Waals surface area contributed by atoms with Gasteiger partial charge in [0.15, 0.2) is 0 Å². The molecular weight excluding hydrogens is 204 g/mol. The van der Waals surface area contributed by atoms with Crippen LogP contribution in [0.1, 0.15) is 0 Å². The van der Waals surface area contributed by atoms with Crippen molar-refractivity contribution in [3.63, 3.8) is 0 Å². The Balaban J connectivity index is 0.000000222. The number of para-hydroxylation sites is 1. The van der Waals surface area contributed by atoms with E-state index in [0.717, 1.165) is 0 Å². The molecule has 2 rings (SSSR count). The molecule has 0 saturated carbocycles. The van der Waals surface area contributed by atoms with Gasteiger partial charge in [-0.1, -0.05) is 24.3 Å². The summed E-state index contributed by atoms with van der Waals surface area (Å²) in [5.41, 5.74) is 0. The number of aliphatic hydroxyl groups is 1. The van der Waals surface area contributed by atoms with Crippen LogP contribution in [0.25, 0.3) is 0 Å². The van der Waals surface area contributed by atoms with E-state index in [0.29, 0.717) is 5.75 Å². The lowest BCUT2D eigenvalue weighted by Gasteiger charge is -1.82. The minimum absolute atomic E-state index is 0.0833. The summed E-state index contributed by atoms with van der Waals surface area (Å²) in [7, 11) is 0. The van der Waals surface area contributed by atoms with Crippen LogP contribution in [-0.2, 0) is 0 Å². The van der Waals surface area contributed by atoms with Crippen LogP contribution in [0.4, 0.5) is 0 Å². The second-order valence-electron chi connectivity index (χ2n) is 2.60. The van der Waals surface area contributed by atoms with Crippen molar-refractivity contribution in [1.82, 2.24) is 0 Å². The molecule has 3 nitrogen and oxygen atoms in total. The van der Waals surface area contributed by atoms with Crippen molar-refractivity contribution < 1.29 is 14.6 Å². The van der Waals surface area contributed by atoms with Gasteiger partial charge in [0, 0.05) is 0 Å². The molecule has 0 aliphatic rings. The first-order chi connectivity index (χ1) is 7.81. The fraction of sp³-hybridized carbons (Fsp3) is 0.0769. The highest BCUT2D eigenvalue weighted by Gasteiger charge is 1.74. The lowest BCUT2D eigenvalue weighted by molar-refractivity contribution is 0.343. The van der Waals surface area contributed by atoms with E-state index in [1.807, 2.05) is 18.2 Å². The van der Waals surface area contributed by atoms with Crippen molar-refractivity contribution in [3.8, 4) is 5.75 Å². The summed E-state index contributed by atoms with van der Waals surface area (Å²) in [6.07, 6.45) is 4.68. The summed E-state index contributed by atoms with van der Waals surface area (Å²) in [5, 5.41) is 16.4. The molecule has 0 atom stereocenters. The Morgan fingerprint density at radius 2 is 1.56 bits per heavy atom. The van der Waals surface area contributed by atoms with Crippen LogP contribution < -0.4 is 0 Å². The van der Waals surface area contributed by atoms with Crippen LogP contribution in [0, 0.1) is 0 Å². The quantitative estimate of drug-likeness (QED) is 0.726. The monoisotopic (exact) mass is 220 g/mol. The standard InChI is InChI=1S/C6H6O.C4H4O.C3H6O/c7-6-4-2-1-3-5-6;1-2-4-5-3-1;1-2-3-4/h1-5,7H;1-4H;2,4H,1,3H2. The third-order valence-corrected chi connectivity index (χ3v) is 1.31. The number of hydrogen-bond acceptors (Lipinski definition) is 3. The van der Waals surface area contributed by atoms with E-state index in [9.17, 15) is 0 Å². The van der Waals surface area contributed by atoms with E-state index in [1.165, 1.54) is 6.08 Å². The van der Waals surface area contributed by atoms with E-state index in [4.69, 9.17) is 10.2 Å². The van der Waals surface area contributed by atoms with E-state index in [1.54, 1.807) is 36.8 Å². The summed E-state index contributed by atoms with van der Waals surface area (Å²) in [6.45, 7) is 3.31. The van der Waals surface area contributed by atoms with Crippen LogP contribution in [-0.4, -0.2) is 16.8 Å². The Kier molecular flexibility index (Phi) is 9.69. The minimum atomic E-state index is 0.0833. The van der Waals surface area contributed by atoms with Gasteiger partial charge >= 0.3 is 0 Å². The average molecular weight is 220 g/mol. The van der Waals surface area contributed by atoms with Gasteiger partial charge < -0.3 is 14.6 Å². The number of benzene rings is 1. The van der Waals surface area contributed by atoms with Crippen molar-refractivity contribution in [1.29, 1.82) is 0 Å². The molecule has 0 aliphatic heterocycles. The Hall–Kier alpha value is -2.00. The van der Waals surface area contributed by atoms with Gasteiger partial charge in [0.05, 0.1) is 19.1 Å². The molecule has 0 radical (unpaired) electrons. The SMILES string of the molecule is C=CCO.Oc1ccccc1.c1ccoc1. The van der Waals surface area contributed by atoms with Gasteiger partial charge in [-0.25, -0.2) is 0 Å². The smallest absolute Gasteiger partial charge is 0.115 e. The maximum atomic E-state index is 8.63. The molecule has 0 saturated heterocycles. The molecule has 1 aromatic carbocycles. The first-order valence-electron chi connectivity index (χ1n) is 4.74. The molecule has 86 valence electrons.